The molecule has 134 valence electrons. The van der Waals surface area contributed by atoms with Gasteiger partial charge in [0, 0.05) is 34.4 Å². The molecule has 0 radical (unpaired) electrons. The van der Waals surface area contributed by atoms with Gasteiger partial charge in [-0.25, -0.2) is 4.39 Å². The molecule has 26 heavy (non-hydrogen) atoms. The van der Waals surface area contributed by atoms with Crippen molar-refractivity contribution in [1.82, 2.24) is 10.2 Å². The summed E-state index contributed by atoms with van der Waals surface area (Å²) in [7, 11) is 0. The Morgan fingerprint density at radius 2 is 1.85 bits per heavy atom. The van der Waals surface area contributed by atoms with Crippen LogP contribution >= 0.6 is 11.6 Å². The van der Waals surface area contributed by atoms with Gasteiger partial charge in [-0.2, -0.15) is 0 Å². The van der Waals surface area contributed by atoms with Gasteiger partial charge < -0.3 is 15.7 Å². The molecule has 1 saturated heterocycles. The molecule has 2 heterocycles. The summed E-state index contributed by atoms with van der Waals surface area (Å²) in [6, 6.07) is 7.58. The first-order valence-corrected chi connectivity index (χ1v) is 8.92. The van der Waals surface area contributed by atoms with Crippen LogP contribution in [0.15, 0.2) is 30.3 Å². The number of halogens is 2. The van der Waals surface area contributed by atoms with Crippen molar-refractivity contribution in [2.45, 2.75) is 19.3 Å². The molecule has 1 aliphatic heterocycles. The van der Waals surface area contributed by atoms with Crippen molar-refractivity contribution in [3.05, 3.63) is 41.2 Å². The number of hydrogen-bond donors (Lipinski definition) is 2. The van der Waals surface area contributed by atoms with Gasteiger partial charge in [0.15, 0.2) is 11.6 Å². The first-order chi connectivity index (χ1) is 12.6. The number of nitrogens with zero attached hydrogens (tertiary/aromatic N) is 3. The molecule has 0 saturated carbocycles. The number of aromatic hydroxyl groups is 1. The third-order valence-corrected chi connectivity index (χ3v) is 5.11. The van der Waals surface area contributed by atoms with Gasteiger partial charge in [-0.3, -0.25) is 0 Å². The number of hydrogen-bond acceptors (Lipinski definition) is 5. The summed E-state index contributed by atoms with van der Waals surface area (Å²) < 4.78 is 14.4. The first-order valence-electron chi connectivity index (χ1n) is 8.54. The van der Waals surface area contributed by atoms with E-state index in [1.54, 1.807) is 12.1 Å². The highest BCUT2D eigenvalue weighted by Crippen LogP contribution is 2.41. The molecule has 2 aromatic carbocycles. The van der Waals surface area contributed by atoms with E-state index in [1.807, 2.05) is 0 Å². The SMILES string of the molecule is Nc1nnc(N2CCCCC2)c2cc(-c3c(O)cccc3F)c(Cl)cc12. The maximum atomic E-state index is 14.4. The molecule has 0 unspecified atom stereocenters. The molecule has 1 aromatic heterocycles. The molecular formula is C19H18ClFN4O. The number of aromatic nitrogens is 2. The molecule has 0 amide bonds. The second kappa shape index (κ2) is 6.61. The summed E-state index contributed by atoms with van der Waals surface area (Å²) >= 11 is 6.40. The Balaban J connectivity index is 1.97. The number of benzene rings is 2. The Bertz CT molecular complexity index is 969. The van der Waals surface area contributed by atoms with Crippen LogP contribution in [0.4, 0.5) is 16.0 Å². The molecule has 1 fully saturated rings. The smallest absolute Gasteiger partial charge is 0.159 e. The van der Waals surface area contributed by atoms with E-state index in [0.29, 0.717) is 21.8 Å². The average molecular weight is 373 g/mol. The lowest BCUT2D eigenvalue weighted by atomic mass is 10.00. The molecule has 1 aliphatic rings. The summed E-state index contributed by atoms with van der Waals surface area (Å²) in [4.78, 5) is 2.16. The van der Waals surface area contributed by atoms with Gasteiger partial charge >= 0.3 is 0 Å². The molecule has 4 rings (SSSR count). The van der Waals surface area contributed by atoms with Crippen molar-refractivity contribution >= 4 is 34.0 Å². The normalized spacial score (nSPS) is 14.8. The number of nitrogen functional groups attached to an aromatic ring is 1. The van der Waals surface area contributed by atoms with E-state index in [4.69, 9.17) is 17.3 Å². The number of anilines is 2. The number of nitrogens with two attached hydrogens (primary N) is 1. The standard InChI is InChI=1S/C19H18ClFN4O/c20-14-10-11-12(9-13(14)17-15(21)5-4-6-16(17)26)19(24-23-18(11)22)25-7-2-1-3-8-25/h4-6,9-10,26H,1-3,7-8H2,(H2,22,23). The van der Waals surface area contributed by atoms with Crippen molar-refractivity contribution < 1.29 is 9.50 Å². The van der Waals surface area contributed by atoms with Gasteiger partial charge in [0.1, 0.15) is 11.6 Å². The molecule has 0 atom stereocenters. The zero-order valence-electron chi connectivity index (χ0n) is 14.0. The number of rotatable bonds is 2. The van der Waals surface area contributed by atoms with Crippen LogP contribution in [0.5, 0.6) is 5.75 Å². The Morgan fingerprint density at radius 1 is 1.08 bits per heavy atom. The lowest BCUT2D eigenvalue weighted by molar-refractivity contribution is 0.472. The van der Waals surface area contributed by atoms with Crippen LogP contribution in [0.2, 0.25) is 5.02 Å². The van der Waals surface area contributed by atoms with Gasteiger partial charge in [-0.1, -0.05) is 17.7 Å². The van der Waals surface area contributed by atoms with Gasteiger partial charge in [0.2, 0.25) is 0 Å². The molecule has 3 N–H and O–H groups in total. The highest BCUT2D eigenvalue weighted by atomic mass is 35.5. The predicted molar refractivity (Wildman–Crippen MR) is 102 cm³/mol. The highest BCUT2D eigenvalue weighted by Gasteiger charge is 2.21. The van der Waals surface area contributed by atoms with Gasteiger partial charge in [-0.15, -0.1) is 10.2 Å². The van der Waals surface area contributed by atoms with Gasteiger partial charge in [-0.05, 0) is 43.5 Å². The van der Waals surface area contributed by atoms with Crippen molar-refractivity contribution in [1.29, 1.82) is 0 Å². The molecule has 0 bridgehead atoms. The number of phenolic OH excluding ortho intramolecular Hbond substituents is 1. The van der Waals surface area contributed by atoms with Crippen LogP contribution in [0.1, 0.15) is 19.3 Å². The summed E-state index contributed by atoms with van der Waals surface area (Å²) in [6.45, 7) is 1.77. The van der Waals surface area contributed by atoms with E-state index in [1.165, 1.54) is 24.6 Å². The number of piperidine rings is 1. The molecule has 0 spiro atoms. The van der Waals surface area contributed by atoms with Crippen molar-refractivity contribution in [3.8, 4) is 16.9 Å². The maximum Gasteiger partial charge on any atom is 0.159 e. The van der Waals surface area contributed by atoms with Gasteiger partial charge in [0.25, 0.3) is 0 Å². The Kier molecular flexibility index (Phi) is 4.28. The third-order valence-electron chi connectivity index (χ3n) is 4.79. The van der Waals surface area contributed by atoms with Gasteiger partial charge in [0.05, 0.1) is 5.56 Å². The summed E-state index contributed by atoms with van der Waals surface area (Å²) in [5.41, 5.74) is 6.47. The zero-order chi connectivity index (χ0) is 18.3. The van der Waals surface area contributed by atoms with Crippen molar-refractivity contribution in [2.75, 3.05) is 23.7 Å². The Hall–Kier alpha value is -2.60. The fraction of sp³-hybridized carbons (Fsp3) is 0.263. The largest absolute Gasteiger partial charge is 0.507 e. The number of phenols is 1. The molecule has 5 nitrogen and oxygen atoms in total. The van der Waals surface area contributed by atoms with E-state index >= 15 is 0 Å². The topological polar surface area (TPSA) is 75.3 Å². The van der Waals surface area contributed by atoms with E-state index in [-0.39, 0.29) is 17.1 Å². The van der Waals surface area contributed by atoms with E-state index in [9.17, 15) is 9.50 Å². The number of fused-ring (bicyclic) bond motifs is 1. The zero-order valence-corrected chi connectivity index (χ0v) is 14.8. The predicted octanol–water partition coefficient (Wildman–Crippen LogP) is 4.37. The van der Waals surface area contributed by atoms with E-state index in [2.05, 4.69) is 15.1 Å². The van der Waals surface area contributed by atoms with Crippen LogP contribution in [0.25, 0.3) is 21.9 Å². The van der Waals surface area contributed by atoms with Crippen LogP contribution in [0.3, 0.4) is 0 Å². The lowest BCUT2D eigenvalue weighted by Crippen LogP contribution is -2.30. The minimum absolute atomic E-state index is 0.0689. The second-order valence-corrected chi connectivity index (χ2v) is 6.88. The van der Waals surface area contributed by atoms with E-state index < -0.39 is 5.82 Å². The fourth-order valence-corrected chi connectivity index (χ4v) is 3.75. The first kappa shape index (κ1) is 16.8. The van der Waals surface area contributed by atoms with Crippen LogP contribution < -0.4 is 10.6 Å². The molecule has 3 aromatic rings. The highest BCUT2D eigenvalue weighted by molar-refractivity contribution is 6.34. The Morgan fingerprint density at radius 3 is 2.58 bits per heavy atom. The molecule has 7 heteroatoms. The fourth-order valence-electron chi connectivity index (χ4n) is 3.49. The lowest BCUT2D eigenvalue weighted by Gasteiger charge is -2.28. The maximum absolute atomic E-state index is 14.4. The van der Waals surface area contributed by atoms with Crippen LogP contribution in [0, 0.1) is 5.82 Å². The summed E-state index contributed by atoms with van der Waals surface area (Å²) in [5, 5.41) is 20.2. The second-order valence-electron chi connectivity index (χ2n) is 6.47. The van der Waals surface area contributed by atoms with Crippen LogP contribution in [-0.4, -0.2) is 28.4 Å². The summed E-state index contributed by atoms with van der Waals surface area (Å²) in [6.07, 6.45) is 3.36. The van der Waals surface area contributed by atoms with E-state index in [0.717, 1.165) is 31.3 Å². The minimum Gasteiger partial charge on any atom is -0.507 e. The quantitative estimate of drug-likeness (QED) is 0.698. The third kappa shape index (κ3) is 2.80. The molecule has 0 aliphatic carbocycles. The average Bonchev–Trinajstić information content (AvgIpc) is 2.64. The van der Waals surface area contributed by atoms with Crippen molar-refractivity contribution in [3.63, 3.8) is 0 Å². The Labute approximate surface area is 155 Å². The van der Waals surface area contributed by atoms with Crippen molar-refractivity contribution in [2.24, 2.45) is 0 Å². The summed E-state index contributed by atoms with van der Waals surface area (Å²) in [5.74, 6) is 0.274. The minimum atomic E-state index is -0.541. The monoisotopic (exact) mass is 372 g/mol. The van der Waals surface area contributed by atoms with Crippen LogP contribution in [-0.2, 0) is 0 Å². The molecular weight excluding hydrogens is 355 g/mol.